The average molecular weight is 268 g/mol. The number of nitrogens with zero attached hydrogens (tertiary/aromatic N) is 3. The van der Waals surface area contributed by atoms with Gasteiger partial charge in [0.2, 0.25) is 5.78 Å². The Morgan fingerprint density at radius 3 is 3.00 bits per heavy atom. The monoisotopic (exact) mass is 267 g/mol. The molecule has 1 aromatic heterocycles. The van der Waals surface area contributed by atoms with Crippen molar-refractivity contribution in [2.45, 2.75) is 19.9 Å². The molecule has 0 spiro atoms. The molecule has 4 nitrogen and oxygen atoms in total. The molecule has 0 unspecified atom stereocenters. The molecule has 0 saturated carbocycles. The van der Waals surface area contributed by atoms with Gasteiger partial charge < -0.3 is 0 Å². The molecule has 18 heavy (non-hydrogen) atoms. The Labute approximate surface area is 108 Å². The van der Waals surface area contributed by atoms with E-state index in [0.717, 1.165) is 6.42 Å². The summed E-state index contributed by atoms with van der Waals surface area (Å²) in [5.74, 6) is -0.991. The third-order valence-corrected chi connectivity index (χ3v) is 2.87. The Morgan fingerprint density at radius 2 is 2.28 bits per heavy atom. The summed E-state index contributed by atoms with van der Waals surface area (Å²) >= 11 is 5.79. The van der Waals surface area contributed by atoms with Gasteiger partial charge in [-0.05, 0) is 18.6 Å². The van der Waals surface area contributed by atoms with E-state index in [1.165, 1.54) is 29.1 Å². The highest BCUT2D eigenvalue weighted by molar-refractivity contribution is 6.35. The highest BCUT2D eigenvalue weighted by Crippen LogP contribution is 2.22. The van der Waals surface area contributed by atoms with Gasteiger partial charge in [0.15, 0.2) is 0 Å². The summed E-state index contributed by atoms with van der Waals surface area (Å²) in [5, 5.41) is 7.33. The first kappa shape index (κ1) is 12.7. The first-order chi connectivity index (χ1) is 8.65. The van der Waals surface area contributed by atoms with E-state index in [2.05, 4.69) is 10.3 Å². The number of ketones is 1. The zero-order valence-corrected chi connectivity index (χ0v) is 10.5. The van der Waals surface area contributed by atoms with Gasteiger partial charge in [-0.2, -0.15) is 0 Å². The molecule has 0 bridgehead atoms. The molecule has 6 heteroatoms. The predicted octanol–water partition coefficient (Wildman–Crippen LogP) is 2.71. The van der Waals surface area contributed by atoms with Gasteiger partial charge in [0.05, 0.1) is 11.2 Å². The topological polar surface area (TPSA) is 47.8 Å². The zero-order chi connectivity index (χ0) is 13.1. The van der Waals surface area contributed by atoms with Crippen molar-refractivity contribution in [3.05, 3.63) is 46.5 Å². The standard InChI is InChI=1S/C12H11ClFN3O/c1-2-6-17-10(7-15-16-17)12(18)8-4-3-5-9(14)11(8)13/h3-5,7H,2,6H2,1H3. The van der Waals surface area contributed by atoms with Gasteiger partial charge in [0, 0.05) is 12.1 Å². The fourth-order valence-corrected chi connectivity index (χ4v) is 1.84. The lowest BCUT2D eigenvalue weighted by atomic mass is 10.1. The van der Waals surface area contributed by atoms with E-state index in [1.54, 1.807) is 0 Å². The van der Waals surface area contributed by atoms with Crippen LogP contribution < -0.4 is 0 Å². The minimum atomic E-state index is -0.614. The quantitative estimate of drug-likeness (QED) is 0.800. The first-order valence-corrected chi connectivity index (χ1v) is 5.90. The normalized spacial score (nSPS) is 10.6. The van der Waals surface area contributed by atoms with E-state index < -0.39 is 5.82 Å². The molecule has 0 fully saturated rings. The Kier molecular flexibility index (Phi) is 3.72. The molecule has 1 aromatic carbocycles. The number of aryl methyl sites for hydroxylation is 1. The molecule has 1 heterocycles. The molecule has 0 aliphatic heterocycles. The van der Waals surface area contributed by atoms with Crippen molar-refractivity contribution in [3.8, 4) is 0 Å². The molecule has 0 amide bonds. The summed E-state index contributed by atoms with van der Waals surface area (Å²) in [6, 6.07) is 4.14. The minimum absolute atomic E-state index is 0.122. The second-order valence-corrected chi connectivity index (χ2v) is 4.15. The van der Waals surface area contributed by atoms with Crippen LogP contribution in [-0.4, -0.2) is 20.8 Å². The highest BCUT2D eigenvalue weighted by Gasteiger charge is 2.19. The smallest absolute Gasteiger partial charge is 0.214 e. The molecule has 0 aliphatic carbocycles. The van der Waals surface area contributed by atoms with E-state index in [-0.39, 0.29) is 16.4 Å². The Balaban J connectivity index is 2.42. The zero-order valence-electron chi connectivity index (χ0n) is 9.73. The largest absolute Gasteiger partial charge is 0.287 e. The Hall–Kier alpha value is -1.75. The maximum atomic E-state index is 13.3. The van der Waals surface area contributed by atoms with Crippen molar-refractivity contribution in [3.63, 3.8) is 0 Å². The molecule has 2 rings (SSSR count). The number of benzene rings is 1. The fourth-order valence-electron chi connectivity index (χ4n) is 1.63. The van der Waals surface area contributed by atoms with Crippen molar-refractivity contribution in [2.75, 3.05) is 0 Å². The maximum Gasteiger partial charge on any atom is 0.214 e. The van der Waals surface area contributed by atoms with Crippen molar-refractivity contribution in [1.29, 1.82) is 0 Å². The van der Waals surface area contributed by atoms with E-state index >= 15 is 0 Å². The van der Waals surface area contributed by atoms with Gasteiger partial charge in [0.25, 0.3) is 0 Å². The van der Waals surface area contributed by atoms with Crippen molar-refractivity contribution in [2.24, 2.45) is 0 Å². The predicted molar refractivity (Wildman–Crippen MR) is 65.2 cm³/mol. The van der Waals surface area contributed by atoms with Crippen LogP contribution in [0.5, 0.6) is 0 Å². The van der Waals surface area contributed by atoms with E-state index in [4.69, 9.17) is 11.6 Å². The van der Waals surface area contributed by atoms with Gasteiger partial charge in [0.1, 0.15) is 11.5 Å². The van der Waals surface area contributed by atoms with Crippen LogP contribution in [0.4, 0.5) is 4.39 Å². The van der Waals surface area contributed by atoms with Crippen LogP contribution >= 0.6 is 11.6 Å². The first-order valence-electron chi connectivity index (χ1n) is 5.52. The van der Waals surface area contributed by atoms with Gasteiger partial charge in [-0.1, -0.05) is 29.8 Å². The van der Waals surface area contributed by atoms with E-state index in [9.17, 15) is 9.18 Å². The van der Waals surface area contributed by atoms with Crippen LogP contribution in [0.15, 0.2) is 24.4 Å². The lowest BCUT2D eigenvalue weighted by Crippen LogP contribution is -2.12. The minimum Gasteiger partial charge on any atom is -0.287 e. The second-order valence-electron chi connectivity index (χ2n) is 3.77. The third-order valence-electron chi connectivity index (χ3n) is 2.48. The lowest BCUT2D eigenvalue weighted by Gasteiger charge is -2.05. The Bertz CT molecular complexity index is 582. The molecule has 0 aliphatic rings. The summed E-state index contributed by atoms with van der Waals surface area (Å²) in [5.41, 5.74) is 0.431. The second kappa shape index (κ2) is 5.27. The number of rotatable bonds is 4. The summed E-state index contributed by atoms with van der Waals surface area (Å²) in [7, 11) is 0. The number of aromatic nitrogens is 3. The highest BCUT2D eigenvalue weighted by atomic mass is 35.5. The molecular formula is C12H11ClFN3O. The van der Waals surface area contributed by atoms with Crippen LogP contribution in [0.3, 0.4) is 0 Å². The molecule has 0 saturated heterocycles. The van der Waals surface area contributed by atoms with Crippen LogP contribution in [0.2, 0.25) is 5.02 Å². The summed E-state index contributed by atoms with van der Waals surface area (Å²) in [6.07, 6.45) is 2.18. The number of carbonyl (C=O) groups is 1. The van der Waals surface area contributed by atoms with Crippen LogP contribution in [0.1, 0.15) is 29.4 Å². The van der Waals surface area contributed by atoms with Crippen molar-refractivity contribution >= 4 is 17.4 Å². The van der Waals surface area contributed by atoms with Gasteiger partial charge >= 0.3 is 0 Å². The summed E-state index contributed by atoms with van der Waals surface area (Å²) in [4.78, 5) is 12.2. The summed E-state index contributed by atoms with van der Waals surface area (Å²) in [6.45, 7) is 2.54. The molecular weight excluding hydrogens is 257 g/mol. The molecule has 94 valence electrons. The number of hydrogen-bond donors (Lipinski definition) is 0. The molecule has 0 N–H and O–H groups in total. The number of hydrogen-bond acceptors (Lipinski definition) is 3. The van der Waals surface area contributed by atoms with Gasteiger partial charge in [-0.15, -0.1) is 5.10 Å². The average Bonchev–Trinajstić information content (AvgIpc) is 2.80. The molecule has 2 aromatic rings. The van der Waals surface area contributed by atoms with Crippen LogP contribution in [-0.2, 0) is 6.54 Å². The van der Waals surface area contributed by atoms with Crippen molar-refractivity contribution < 1.29 is 9.18 Å². The van der Waals surface area contributed by atoms with E-state index in [1.807, 2.05) is 6.92 Å². The van der Waals surface area contributed by atoms with Crippen molar-refractivity contribution in [1.82, 2.24) is 15.0 Å². The maximum absolute atomic E-state index is 13.3. The molecule has 0 atom stereocenters. The van der Waals surface area contributed by atoms with Crippen LogP contribution in [0, 0.1) is 5.82 Å². The van der Waals surface area contributed by atoms with Crippen LogP contribution in [0.25, 0.3) is 0 Å². The van der Waals surface area contributed by atoms with E-state index in [0.29, 0.717) is 12.2 Å². The molecule has 0 radical (unpaired) electrons. The van der Waals surface area contributed by atoms with Gasteiger partial charge in [-0.25, -0.2) is 9.07 Å². The lowest BCUT2D eigenvalue weighted by molar-refractivity contribution is 0.102. The fraction of sp³-hybridized carbons (Fsp3) is 0.250. The Morgan fingerprint density at radius 1 is 1.50 bits per heavy atom. The summed E-state index contributed by atoms with van der Waals surface area (Å²) < 4.78 is 14.8. The van der Waals surface area contributed by atoms with Gasteiger partial charge in [-0.3, -0.25) is 4.79 Å². The third kappa shape index (κ3) is 2.26. The number of carbonyl (C=O) groups excluding carboxylic acids is 1. The SMILES string of the molecule is CCCn1nncc1C(=O)c1cccc(F)c1Cl. The number of halogens is 2.